The van der Waals surface area contributed by atoms with Gasteiger partial charge in [0.25, 0.3) is 0 Å². The van der Waals surface area contributed by atoms with E-state index in [1.54, 1.807) is 6.08 Å². The Morgan fingerprint density at radius 1 is 1.50 bits per heavy atom. The van der Waals surface area contributed by atoms with Crippen molar-refractivity contribution in [1.29, 1.82) is 0 Å². The summed E-state index contributed by atoms with van der Waals surface area (Å²) in [4.78, 5) is 15.1. The Morgan fingerprint density at radius 2 is 2.30 bits per heavy atom. The summed E-state index contributed by atoms with van der Waals surface area (Å²) >= 11 is 1.14. The summed E-state index contributed by atoms with van der Waals surface area (Å²) in [5.41, 5.74) is 1.90. The number of hydrogen-bond donors (Lipinski definition) is 1. The normalized spacial score (nSPS) is 11.3. The fourth-order valence-corrected chi connectivity index (χ4v) is 2.44. The molecule has 2 heterocycles. The van der Waals surface area contributed by atoms with Gasteiger partial charge in [-0.25, -0.2) is 9.78 Å². The molecular formula is C14H16N2O3S. The number of aromatic nitrogens is 2. The highest BCUT2D eigenvalue weighted by Crippen LogP contribution is 2.20. The maximum Gasteiger partial charge on any atom is 0.347 e. The fourth-order valence-electron chi connectivity index (χ4n) is 1.78. The first-order valence-corrected chi connectivity index (χ1v) is 7.25. The van der Waals surface area contributed by atoms with Crippen LogP contribution in [-0.4, -0.2) is 21.2 Å². The van der Waals surface area contributed by atoms with E-state index in [4.69, 9.17) is 9.63 Å². The number of nitrogens with zero attached hydrogens (tertiary/aromatic N) is 2. The molecule has 0 radical (unpaired) electrons. The lowest BCUT2D eigenvalue weighted by atomic mass is 10.1. The number of hydrogen-bond acceptors (Lipinski definition) is 5. The van der Waals surface area contributed by atoms with Gasteiger partial charge in [-0.05, 0) is 31.9 Å². The number of carboxylic acid groups (broad SMARTS) is 1. The predicted octanol–water partition coefficient (Wildman–Crippen LogP) is 3.65. The Balaban J connectivity index is 2.17. The third-order valence-electron chi connectivity index (χ3n) is 2.88. The van der Waals surface area contributed by atoms with Gasteiger partial charge in [-0.3, -0.25) is 0 Å². The standard InChI is InChI=1S/C14H16N2O3S/c1-3-4-5-11-10(9(2)19-16-11)6-7-13-15-8-12(20-13)14(17)18/h6-8H,3-5H2,1-2H3,(H,17,18)/b7-6+. The number of unbranched alkanes of at least 4 members (excludes halogenated alkanes) is 1. The molecule has 2 aromatic heterocycles. The second-order valence-electron chi connectivity index (χ2n) is 4.40. The number of aromatic carboxylic acids is 1. The smallest absolute Gasteiger partial charge is 0.347 e. The zero-order chi connectivity index (χ0) is 14.5. The molecule has 0 aliphatic heterocycles. The SMILES string of the molecule is CCCCc1noc(C)c1/C=C/c1ncc(C(=O)O)s1. The summed E-state index contributed by atoms with van der Waals surface area (Å²) in [5, 5.41) is 13.6. The number of carbonyl (C=O) groups is 1. The molecule has 106 valence electrons. The molecule has 0 amide bonds. The summed E-state index contributed by atoms with van der Waals surface area (Å²) in [5.74, 6) is -0.186. The van der Waals surface area contributed by atoms with Gasteiger partial charge in [0.1, 0.15) is 15.6 Å². The van der Waals surface area contributed by atoms with E-state index in [-0.39, 0.29) is 4.88 Å². The van der Waals surface area contributed by atoms with Gasteiger partial charge in [0, 0.05) is 5.56 Å². The first-order chi connectivity index (χ1) is 9.61. The molecule has 0 unspecified atom stereocenters. The second-order valence-corrected chi connectivity index (χ2v) is 5.47. The number of aryl methyl sites for hydroxylation is 2. The third kappa shape index (κ3) is 3.33. The quantitative estimate of drug-likeness (QED) is 0.879. The van der Waals surface area contributed by atoms with Gasteiger partial charge >= 0.3 is 5.97 Å². The molecule has 0 aliphatic carbocycles. The van der Waals surface area contributed by atoms with Crippen LogP contribution >= 0.6 is 11.3 Å². The van der Waals surface area contributed by atoms with Crippen molar-refractivity contribution >= 4 is 29.5 Å². The molecule has 2 aromatic rings. The van der Waals surface area contributed by atoms with E-state index in [2.05, 4.69) is 17.1 Å². The van der Waals surface area contributed by atoms with Crippen LogP contribution in [0.2, 0.25) is 0 Å². The Hall–Kier alpha value is -1.95. The molecule has 0 spiro atoms. The van der Waals surface area contributed by atoms with Crippen molar-refractivity contribution in [3.8, 4) is 0 Å². The van der Waals surface area contributed by atoms with E-state index in [1.165, 1.54) is 6.20 Å². The minimum absolute atomic E-state index is 0.234. The van der Waals surface area contributed by atoms with E-state index < -0.39 is 5.97 Å². The van der Waals surface area contributed by atoms with Gasteiger partial charge in [-0.15, -0.1) is 11.3 Å². The Labute approximate surface area is 120 Å². The van der Waals surface area contributed by atoms with Crippen molar-refractivity contribution < 1.29 is 14.4 Å². The van der Waals surface area contributed by atoms with Crippen LogP contribution in [0.4, 0.5) is 0 Å². The molecule has 5 nitrogen and oxygen atoms in total. The van der Waals surface area contributed by atoms with Crippen molar-refractivity contribution in [1.82, 2.24) is 10.1 Å². The molecule has 0 saturated carbocycles. The van der Waals surface area contributed by atoms with Crippen molar-refractivity contribution in [3.05, 3.63) is 33.1 Å². The maximum absolute atomic E-state index is 10.8. The van der Waals surface area contributed by atoms with E-state index in [1.807, 2.05) is 13.0 Å². The van der Waals surface area contributed by atoms with Crippen molar-refractivity contribution in [3.63, 3.8) is 0 Å². The highest BCUT2D eigenvalue weighted by atomic mass is 32.1. The highest BCUT2D eigenvalue weighted by Gasteiger charge is 2.10. The lowest BCUT2D eigenvalue weighted by Crippen LogP contribution is -1.89. The zero-order valence-corrected chi connectivity index (χ0v) is 12.2. The molecule has 1 N–H and O–H groups in total. The monoisotopic (exact) mass is 292 g/mol. The number of rotatable bonds is 6. The fraction of sp³-hybridized carbons (Fsp3) is 0.357. The maximum atomic E-state index is 10.8. The lowest BCUT2D eigenvalue weighted by Gasteiger charge is -1.95. The molecule has 0 bridgehead atoms. The Bertz CT molecular complexity index is 628. The third-order valence-corrected chi connectivity index (χ3v) is 3.83. The van der Waals surface area contributed by atoms with Crippen LogP contribution in [0.15, 0.2) is 10.7 Å². The van der Waals surface area contributed by atoms with E-state index in [0.717, 1.165) is 47.6 Å². The van der Waals surface area contributed by atoms with Crippen LogP contribution in [0.1, 0.15) is 51.5 Å². The average Bonchev–Trinajstić information content (AvgIpc) is 3.01. The second kappa shape index (κ2) is 6.47. The van der Waals surface area contributed by atoms with Crippen molar-refractivity contribution in [2.75, 3.05) is 0 Å². The molecule has 0 saturated heterocycles. The lowest BCUT2D eigenvalue weighted by molar-refractivity contribution is 0.0702. The predicted molar refractivity (Wildman–Crippen MR) is 77.9 cm³/mol. The highest BCUT2D eigenvalue weighted by molar-refractivity contribution is 7.14. The van der Waals surface area contributed by atoms with Crippen molar-refractivity contribution in [2.45, 2.75) is 33.1 Å². The van der Waals surface area contributed by atoms with Crippen LogP contribution in [0.25, 0.3) is 12.2 Å². The molecule has 0 aliphatic rings. The molecule has 6 heteroatoms. The molecule has 2 rings (SSSR count). The molecule has 0 aromatic carbocycles. The molecular weight excluding hydrogens is 276 g/mol. The molecule has 20 heavy (non-hydrogen) atoms. The Kier molecular flexibility index (Phi) is 4.68. The van der Waals surface area contributed by atoms with Crippen LogP contribution in [-0.2, 0) is 6.42 Å². The van der Waals surface area contributed by atoms with Crippen molar-refractivity contribution in [2.24, 2.45) is 0 Å². The summed E-state index contributed by atoms with van der Waals surface area (Å²) < 4.78 is 5.21. The Morgan fingerprint density at radius 3 is 2.95 bits per heavy atom. The first-order valence-electron chi connectivity index (χ1n) is 6.44. The number of carboxylic acids is 1. The summed E-state index contributed by atoms with van der Waals surface area (Å²) in [6.07, 6.45) is 8.10. The topological polar surface area (TPSA) is 76.2 Å². The van der Waals surface area contributed by atoms with Crippen LogP contribution in [0, 0.1) is 6.92 Å². The molecule has 0 fully saturated rings. The summed E-state index contributed by atoms with van der Waals surface area (Å²) in [6.45, 7) is 4.00. The van der Waals surface area contributed by atoms with E-state index in [9.17, 15) is 4.79 Å². The number of thiazole rings is 1. The minimum atomic E-state index is -0.952. The van der Waals surface area contributed by atoms with Gasteiger partial charge < -0.3 is 9.63 Å². The van der Waals surface area contributed by atoms with Crippen LogP contribution < -0.4 is 0 Å². The van der Waals surface area contributed by atoms with Gasteiger partial charge in [-0.2, -0.15) is 0 Å². The van der Waals surface area contributed by atoms with E-state index in [0.29, 0.717) is 5.01 Å². The largest absolute Gasteiger partial charge is 0.477 e. The van der Waals surface area contributed by atoms with Gasteiger partial charge in [0.2, 0.25) is 0 Å². The van der Waals surface area contributed by atoms with Gasteiger partial charge in [-0.1, -0.05) is 18.5 Å². The first kappa shape index (κ1) is 14.5. The molecule has 0 atom stereocenters. The average molecular weight is 292 g/mol. The zero-order valence-electron chi connectivity index (χ0n) is 11.4. The van der Waals surface area contributed by atoms with Crippen LogP contribution in [0.5, 0.6) is 0 Å². The van der Waals surface area contributed by atoms with E-state index >= 15 is 0 Å². The van der Waals surface area contributed by atoms with Gasteiger partial charge in [0.15, 0.2) is 0 Å². The summed E-state index contributed by atoms with van der Waals surface area (Å²) in [6, 6.07) is 0. The van der Waals surface area contributed by atoms with Gasteiger partial charge in [0.05, 0.1) is 11.9 Å². The minimum Gasteiger partial charge on any atom is -0.477 e. The summed E-state index contributed by atoms with van der Waals surface area (Å²) in [7, 11) is 0. The van der Waals surface area contributed by atoms with Crippen LogP contribution in [0.3, 0.4) is 0 Å².